The van der Waals surface area contributed by atoms with Crippen molar-refractivity contribution in [3.8, 4) is 0 Å². The number of carbonyl (C=O) groups is 1. The van der Waals surface area contributed by atoms with Crippen LogP contribution in [-0.4, -0.2) is 33.7 Å². The SMILES string of the molecule is CS(=O)(=O)c1ccc(C(=O)NCCCCN=[N+]=[N-])cc1. The Balaban J connectivity index is 2.46. The van der Waals surface area contributed by atoms with Gasteiger partial charge in [0.15, 0.2) is 9.84 Å². The number of hydrogen-bond acceptors (Lipinski definition) is 4. The largest absolute Gasteiger partial charge is 0.352 e. The Kier molecular flexibility index (Phi) is 6.02. The number of azide groups is 1. The normalized spacial score (nSPS) is 10.7. The van der Waals surface area contributed by atoms with Crippen molar-refractivity contribution < 1.29 is 13.2 Å². The van der Waals surface area contributed by atoms with Gasteiger partial charge < -0.3 is 5.32 Å². The molecule has 0 saturated heterocycles. The van der Waals surface area contributed by atoms with Crippen molar-refractivity contribution in [2.45, 2.75) is 17.7 Å². The number of rotatable bonds is 7. The van der Waals surface area contributed by atoms with Crippen LogP contribution in [-0.2, 0) is 9.84 Å². The van der Waals surface area contributed by atoms with Crippen LogP contribution in [0.2, 0.25) is 0 Å². The molecule has 0 unspecified atom stereocenters. The van der Waals surface area contributed by atoms with E-state index in [0.717, 1.165) is 6.26 Å². The second-order valence-corrected chi connectivity index (χ2v) is 6.23. The van der Waals surface area contributed by atoms with E-state index in [1.54, 1.807) is 0 Å². The van der Waals surface area contributed by atoms with E-state index in [1.807, 2.05) is 0 Å². The van der Waals surface area contributed by atoms with Gasteiger partial charge in [-0.15, -0.1) is 0 Å². The molecule has 0 atom stereocenters. The van der Waals surface area contributed by atoms with Crippen molar-refractivity contribution in [3.63, 3.8) is 0 Å². The molecule has 0 aliphatic carbocycles. The number of hydrogen-bond donors (Lipinski definition) is 1. The second kappa shape index (κ2) is 7.52. The van der Waals surface area contributed by atoms with E-state index in [2.05, 4.69) is 15.3 Å². The zero-order valence-electron chi connectivity index (χ0n) is 11.1. The number of nitrogens with one attached hydrogen (secondary N) is 1. The van der Waals surface area contributed by atoms with E-state index in [-0.39, 0.29) is 10.8 Å². The molecule has 108 valence electrons. The first-order valence-corrected chi connectivity index (χ1v) is 7.93. The van der Waals surface area contributed by atoms with Crippen molar-refractivity contribution in [2.24, 2.45) is 5.11 Å². The molecule has 0 heterocycles. The van der Waals surface area contributed by atoms with Gasteiger partial charge in [0.05, 0.1) is 4.90 Å². The summed E-state index contributed by atoms with van der Waals surface area (Å²) >= 11 is 0. The van der Waals surface area contributed by atoms with Crippen LogP contribution in [0.15, 0.2) is 34.3 Å². The third-order valence-corrected chi connectivity index (χ3v) is 3.71. The molecular formula is C12H16N4O3S. The monoisotopic (exact) mass is 296 g/mol. The molecule has 0 saturated carbocycles. The maximum absolute atomic E-state index is 11.8. The molecular weight excluding hydrogens is 280 g/mol. The van der Waals surface area contributed by atoms with E-state index in [4.69, 9.17) is 5.53 Å². The number of carbonyl (C=O) groups excluding carboxylic acids is 1. The fourth-order valence-electron chi connectivity index (χ4n) is 1.51. The van der Waals surface area contributed by atoms with Crippen LogP contribution in [0.4, 0.5) is 0 Å². The highest BCUT2D eigenvalue weighted by molar-refractivity contribution is 7.90. The van der Waals surface area contributed by atoms with E-state index in [1.165, 1.54) is 24.3 Å². The number of benzene rings is 1. The minimum atomic E-state index is -3.25. The number of amides is 1. The van der Waals surface area contributed by atoms with E-state index in [0.29, 0.717) is 31.5 Å². The zero-order valence-corrected chi connectivity index (χ0v) is 11.9. The highest BCUT2D eigenvalue weighted by atomic mass is 32.2. The van der Waals surface area contributed by atoms with Crippen molar-refractivity contribution in [2.75, 3.05) is 19.3 Å². The minimum Gasteiger partial charge on any atom is -0.352 e. The molecule has 1 amide bonds. The molecule has 1 N–H and O–H groups in total. The van der Waals surface area contributed by atoms with Gasteiger partial charge in [0.2, 0.25) is 0 Å². The molecule has 0 radical (unpaired) electrons. The van der Waals surface area contributed by atoms with Crippen molar-refractivity contribution >= 4 is 15.7 Å². The Labute approximate surface area is 117 Å². The van der Waals surface area contributed by atoms with Gasteiger partial charge in [-0.05, 0) is 42.6 Å². The molecule has 8 heteroatoms. The molecule has 0 fully saturated rings. The summed E-state index contributed by atoms with van der Waals surface area (Å²) in [4.78, 5) is 14.6. The summed E-state index contributed by atoms with van der Waals surface area (Å²) < 4.78 is 22.6. The van der Waals surface area contributed by atoms with Crippen molar-refractivity contribution in [3.05, 3.63) is 40.3 Å². The minimum absolute atomic E-state index is 0.184. The fraction of sp³-hybridized carbons (Fsp3) is 0.417. The quantitative estimate of drug-likeness (QED) is 0.359. The summed E-state index contributed by atoms with van der Waals surface area (Å²) in [6.07, 6.45) is 2.54. The number of unbranched alkanes of at least 4 members (excludes halogenated alkanes) is 1. The average Bonchev–Trinajstić information content (AvgIpc) is 2.41. The molecule has 20 heavy (non-hydrogen) atoms. The number of sulfone groups is 1. The van der Waals surface area contributed by atoms with Crippen LogP contribution in [0.3, 0.4) is 0 Å². The molecule has 0 aromatic heterocycles. The van der Waals surface area contributed by atoms with Crippen molar-refractivity contribution in [1.29, 1.82) is 0 Å². The van der Waals surface area contributed by atoms with E-state index in [9.17, 15) is 13.2 Å². The van der Waals surface area contributed by atoms with Crippen LogP contribution in [0.5, 0.6) is 0 Å². The zero-order chi connectivity index (χ0) is 15.0. The third kappa shape index (κ3) is 5.29. The van der Waals surface area contributed by atoms with Crippen molar-refractivity contribution in [1.82, 2.24) is 5.32 Å². The standard InChI is InChI=1S/C12H16N4O3S/c1-20(18,19)11-6-4-10(5-7-11)12(17)14-8-2-3-9-15-16-13/h4-7H,2-3,8-9H2,1H3,(H,14,17). The maximum Gasteiger partial charge on any atom is 0.251 e. The molecule has 0 aliphatic rings. The lowest BCUT2D eigenvalue weighted by Gasteiger charge is -2.05. The second-order valence-electron chi connectivity index (χ2n) is 4.21. The first-order valence-electron chi connectivity index (χ1n) is 6.04. The highest BCUT2D eigenvalue weighted by Crippen LogP contribution is 2.10. The van der Waals surface area contributed by atoms with Gasteiger partial charge in [0.1, 0.15) is 0 Å². The first kappa shape index (κ1) is 16.0. The van der Waals surface area contributed by atoms with Gasteiger partial charge in [-0.25, -0.2) is 8.42 Å². The smallest absolute Gasteiger partial charge is 0.251 e. The lowest BCUT2D eigenvalue weighted by atomic mass is 10.2. The average molecular weight is 296 g/mol. The topological polar surface area (TPSA) is 112 Å². The maximum atomic E-state index is 11.8. The first-order chi connectivity index (χ1) is 9.45. The lowest BCUT2D eigenvalue weighted by Crippen LogP contribution is -2.24. The number of nitrogens with zero attached hydrogens (tertiary/aromatic N) is 3. The predicted octanol–water partition coefficient (Wildman–Crippen LogP) is 1.91. The Bertz CT molecular complexity index is 604. The summed E-state index contributed by atoms with van der Waals surface area (Å²) in [5, 5.41) is 6.10. The summed E-state index contributed by atoms with van der Waals surface area (Å²) in [6, 6.07) is 5.77. The lowest BCUT2D eigenvalue weighted by molar-refractivity contribution is 0.0953. The summed E-state index contributed by atoms with van der Waals surface area (Å²) in [7, 11) is -3.25. The molecule has 0 aliphatic heterocycles. The summed E-state index contributed by atoms with van der Waals surface area (Å²) in [6.45, 7) is 0.892. The van der Waals surface area contributed by atoms with Crippen LogP contribution >= 0.6 is 0 Å². The van der Waals surface area contributed by atoms with Gasteiger partial charge >= 0.3 is 0 Å². The van der Waals surface area contributed by atoms with Crippen LogP contribution in [0.25, 0.3) is 10.4 Å². The van der Waals surface area contributed by atoms with Gasteiger partial charge in [-0.2, -0.15) is 0 Å². The molecule has 1 aromatic rings. The fourth-order valence-corrected chi connectivity index (χ4v) is 2.14. The molecule has 7 nitrogen and oxygen atoms in total. The summed E-state index contributed by atoms with van der Waals surface area (Å²) in [5.41, 5.74) is 8.49. The molecule has 1 aromatic carbocycles. The van der Waals surface area contributed by atoms with Crippen LogP contribution in [0.1, 0.15) is 23.2 Å². The highest BCUT2D eigenvalue weighted by Gasteiger charge is 2.09. The molecule has 1 rings (SSSR count). The van der Waals surface area contributed by atoms with Crippen LogP contribution in [0, 0.1) is 0 Å². The predicted molar refractivity (Wildman–Crippen MR) is 75.1 cm³/mol. The van der Waals surface area contributed by atoms with E-state index < -0.39 is 9.84 Å². The Morgan fingerprint density at radius 1 is 1.30 bits per heavy atom. The summed E-state index contributed by atoms with van der Waals surface area (Å²) in [5.74, 6) is -0.256. The Hall–Kier alpha value is -2.05. The van der Waals surface area contributed by atoms with Gasteiger partial charge in [-0.1, -0.05) is 5.11 Å². The van der Waals surface area contributed by atoms with Gasteiger partial charge in [0.25, 0.3) is 5.91 Å². The third-order valence-electron chi connectivity index (χ3n) is 2.58. The molecule has 0 bridgehead atoms. The van der Waals surface area contributed by atoms with E-state index >= 15 is 0 Å². The van der Waals surface area contributed by atoms with Gasteiger partial charge in [0, 0.05) is 29.8 Å². The molecule has 0 spiro atoms. The van der Waals surface area contributed by atoms with Crippen LogP contribution < -0.4 is 5.32 Å². The van der Waals surface area contributed by atoms with Gasteiger partial charge in [-0.3, -0.25) is 4.79 Å². The Morgan fingerprint density at radius 2 is 1.95 bits per heavy atom. The Morgan fingerprint density at radius 3 is 2.50 bits per heavy atom.